The summed E-state index contributed by atoms with van der Waals surface area (Å²) in [6, 6.07) is 10.9. The molecule has 3 aromatic rings. The van der Waals surface area contributed by atoms with E-state index >= 15 is 0 Å². The molecule has 0 aliphatic carbocycles. The van der Waals surface area contributed by atoms with Crippen molar-refractivity contribution in [3.63, 3.8) is 0 Å². The largest absolute Gasteiger partial charge is 0.486 e. The van der Waals surface area contributed by atoms with Gasteiger partial charge in [-0.15, -0.1) is 11.3 Å². The van der Waals surface area contributed by atoms with Crippen LogP contribution in [-0.4, -0.2) is 70.9 Å². The Bertz CT molecular complexity index is 1180. The van der Waals surface area contributed by atoms with E-state index < -0.39 is 5.82 Å². The smallest absolute Gasteiger partial charge is 0.282 e. The lowest BCUT2D eigenvalue weighted by Gasteiger charge is -2.48. The second-order valence-electron chi connectivity index (χ2n) is 8.78. The first kappa shape index (κ1) is 24.5. The molecule has 2 saturated heterocycles. The first-order chi connectivity index (χ1) is 17.0. The van der Waals surface area contributed by atoms with Crippen LogP contribution in [0.4, 0.5) is 4.39 Å². The van der Waals surface area contributed by atoms with Gasteiger partial charge in [-0.3, -0.25) is 14.6 Å². The lowest BCUT2D eigenvalue weighted by molar-refractivity contribution is 0.00253. The number of nitrogens with zero attached hydrogens (tertiary/aromatic N) is 4. The van der Waals surface area contributed by atoms with E-state index in [0.29, 0.717) is 33.2 Å². The molecule has 0 N–H and O–H groups in total. The number of hydrogen-bond donors (Lipinski definition) is 0. The van der Waals surface area contributed by atoms with E-state index in [2.05, 4.69) is 14.8 Å². The van der Waals surface area contributed by atoms with Gasteiger partial charge in [0, 0.05) is 69.0 Å². The number of rotatable bonds is 7. The second kappa shape index (κ2) is 10.8. The fourth-order valence-electron chi connectivity index (χ4n) is 4.49. The van der Waals surface area contributed by atoms with Crippen molar-refractivity contribution in [2.75, 3.05) is 39.3 Å². The van der Waals surface area contributed by atoms with Crippen LogP contribution in [0.1, 0.15) is 20.9 Å². The molecule has 2 aromatic carbocycles. The Balaban J connectivity index is 1.07. The maximum absolute atomic E-state index is 14.6. The van der Waals surface area contributed by atoms with Crippen molar-refractivity contribution < 1.29 is 13.9 Å². The van der Waals surface area contributed by atoms with Crippen LogP contribution in [-0.2, 0) is 13.2 Å². The molecule has 0 radical (unpaired) electrons. The molecule has 1 aromatic heterocycles. The molecular weight excluding hydrogens is 510 g/mol. The Morgan fingerprint density at radius 2 is 1.94 bits per heavy atom. The Morgan fingerprint density at radius 1 is 1.14 bits per heavy atom. The molecule has 5 rings (SSSR count). The summed E-state index contributed by atoms with van der Waals surface area (Å²) in [4.78, 5) is 23.2. The van der Waals surface area contributed by atoms with E-state index in [-0.39, 0.29) is 18.3 Å². The number of halogens is 3. The number of hydrogen-bond acceptors (Lipinski definition) is 6. The van der Waals surface area contributed by atoms with Gasteiger partial charge < -0.3 is 9.64 Å². The molecule has 0 saturated carbocycles. The third kappa shape index (κ3) is 5.62. The number of likely N-dealkylation sites (tertiary alicyclic amines) is 1. The predicted molar refractivity (Wildman–Crippen MR) is 136 cm³/mol. The van der Waals surface area contributed by atoms with Crippen molar-refractivity contribution in [2.45, 2.75) is 19.2 Å². The molecule has 0 atom stereocenters. The number of amides is 1. The van der Waals surface area contributed by atoms with E-state index in [9.17, 15) is 9.18 Å². The van der Waals surface area contributed by atoms with Gasteiger partial charge in [0.2, 0.25) is 0 Å². The van der Waals surface area contributed by atoms with Crippen LogP contribution >= 0.6 is 34.5 Å². The van der Waals surface area contributed by atoms with E-state index in [1.165, 1.54) is 17.4 Å². The van der Waals surface area contributed by atoms with Gasteiger partial charge in [0.1, 0.15) is 6.61 Å². The highest BCUT2D eigenvalue weighted by Gasteiger charge is 2.34. The van der Waals surface area contributed by atoms with Crippen molar-refractivity contribution in [3.8, 4) is 5.75 Å². The van der Waals surface area contributed by atoms with Gasteiger partial charge in [-0.1, -0.05) is 41.4 Å². The zero-order valence-corrected chi connectivity index (χ0v) is 21.3. The maximum Gasteiger partial charge on any atom is 0.282 e. The third-order valence-corrected chi connectivity index (χ3v) is 8.11. The van der Waals surface area contributed by atoms with Crippen LogP contribution in [0, 0.1) is 5.82 Å². The summed E-state index contributed by atoms with van der Waals surface area (Å²) in [5, 5.41) is 3.26. The summed E-state index contributed by atoms with van der Waals surface area (Å²) in [5.41, 5.74) is 1.62. The molecule has 2 fully saturated rings. The molecule has 6 nitrogen and oxygen atoms in total. The van der Waals surface area contributed by atoms with Crippen molar-refractivity contribution in [1.82, 2.24) is 19.7 Å². The molecule has 2 aliphatic heterocycles. The monoisotopic (exact) mass is 534 g/mol. The van der Waals surface area contributed by atoms with Crippen LogP contribution in [0.25, 0.3) is 0 Å². The summed E-state index contributed by atoms with van der Waals surface area (Å²) in [7, 11) is 0. The minimum Gasteiger partial charge on any atom is -0.486 e. The summed E-state index contributed by atoms with van der Waals surface area (Å²) in [5.74, 6) is -0.171. The summed E-state index contributed by atoms with van der Waals surface area (Å²) in [6.45, 7) is 5.90. The molecule has 184 valence electrons. The van der Waals surface area contributed by atoms with Gasteiger partial charge in [-0.2, -0.15) is 0 Å². The third-order valence-electron chi connectivity index (χ3n) is 6.49. The number of benzene rings is 2. The van der Waals surface area contributed by atoms with E-state index in [4.69, 9.17) is 27.9 Å². The van der Waals surface area contributed by atoms with Gasteiger partial charge in [0.05, 0.1) is 10.0 Å². The molecule has 0 bridgehead atoms. The molecular formula is C25H25Cl2FN4O2S. The normalized spacial score (nSPS) is 17.4. The summed E-state index contributed by atoms with van der Waals surface area (Å²) in [6.07, 6.45) is 1.67. The quantitative estimate of drug-likeness (QED) is 0.435. The van der Waals surface area contributed by atoms with Crippen LogP contribution in [0.3, 0.4) is 0 Å². The van der Waals surface area contributed by atoms with Gasteiger partial charge in [-0.05, 0) is 23.8 Å². The lowest BCUT2D eigenvalue weighted by Crippen LogP contribution is -2.63. The molecule has 1 amide bonds. The summed E-state index contributed by atoms with van der Waals surface area (Å²) < 4.78 is 20.3. The van der Waals surface area contributed by atoms with E-state index in [1.54, 1.807) is 30.5 Å². The van der Waals surface area contributed by atoms with Crippen molar-refractivity contribution >= 4 is 40.4 Å². The number of ether oxygens (including phenoxy) is 1. The Morgan fingerprint density at radius 3 is 2.66 bits per heavy atom. The molecule has 35 heavy (non-hydrogen) atoms. The summed E-state index contributed by atoms with van der Waals surface area (Å²) >= 11 is 13.6. The minimum absolute atomic E-state index is 0.0278. The molecule has 2 aliphatic rings. The van der Waals surface area contributed by atoms with Gasteiger partial charge in [0.15, 0.2) is 16.6 Å². The number of aromatic nitrogens is 1. The highest BCUT2D eigenvalue weighted by molar-refractivity contribution is 7.11. The maximum atomic E-state index is 14.6. The lowest BCUT2D eigenvalue weighted by atomic mass is 10.0. The number of piperazine rings is 1. The second-order valence-corrected chi connectivity index (χ2v) is 10.5. The first-order valence-corrected chi connectivity index (χ1v) is 13.1. The van der Waals surface area contributed by atoms with Crippen LogP contribution < -0.4 is 4.74 Å². The number of carbonyl (C=O) groups is 1. The predicted octanol–water partition coefficient (Wildman–Crippen LogP) is 4.81. The average Bonchev–Trinajstić information content (AvgIpc) is 3.38. The zero-order valence-electron chi connectivity index (χ0n) is 19.0. The number of thiazole rings is 1. The van der Waals surface area contributed by atoms with Crippen LogP contribution in [0.2, 0.25) is 10.0 Å². The van der Waals surface area contributed by atoms with Gasteiger partial charge >= 0.3 is 0 Å². The van der Waals surface area contributed by atoms with Crippen LogP contribution in [0.15, 0.2) is 48.0 Å². The fourth-order valence-corrected chi connectivity index (χ4v) is 5.47. The van der Waals surface area contributed by atoms with Gasteiger partial charge in [-0.25, -0.2) is 9.37 Å². The first-order valence-electron chi connectivity index (χ1n) is 11.5. The SMILES string of the molecule is O=C(c1nccs1)N1CCN(C2CN(Cc3ccc(OCc4cccc(Cl)c4Cl)c(F)c3)C2)CC1. The highest BCUT2D eigenvalue weighted by Crippen LogP contribution is 2.28. The number of carbonyl (C=O) groups excluding carboxylic acids is 1. The molecule has 10 heteroatoms. The molecule has 3 heterocycles. The minimum atomic E-state index is -0.390. The highest BCUT2D eigenvalue weighted by atomic mass is 35.5. The zero-order chi connectivity index (χ0) is 24.4. The average molecular weight is 535 g/mol. The Kier molecular flexibility index (Phi) is 7.55. The van der Waals surface area contributed by atoms with E-state index in [0.717, 1.165) is 44.8 Å². The van der Waals surface area contributed by atoms with Crippen molar-refractivity contribution in [3.05, 3.63) is 80.0 Å². The van der Waals surface area contributed by atoms with Crippen molar-refractivity contribution in [1.29, 1.82) is 0 Å². The van der Waals surface area contributed by atoms with E-state index in [1.807, 2.05) is 16.3 Å². The molecule has 0 spiro atoms. The topological polar surface area (TPSA) is 48.9 Å². The fraction of sp³-hybridized carbons (Fsp3) is 0.360. The Labute approximate surface area is 217 Å². The van der Waals surface area contributed by atoms with Crippen LogP contribution in [0.5, 0.6) is 5.75 Å². The molecule has 0 unspecified atom stereocenters. The Hall–Kier alpha value is -2.23. The standard InChI is InChI=1S/C25H25Cl2FN4O2S/c26-20-3-1-2-18(23(20)27)16-34-22-5-4-17(12-21(22)28)13-30-14-19(15-30)31-7-9-32(10-8-31)25(33)24-29-6-11-35-24/h1-6,11-12,19H,7-10,13-16H2. The van der Waals surface area contributed by atoms with Gasteiger partial charge in [0.25, 0.3) is 5.91 Å². The van der Waals surface area contributed by atoms with Crippen molar-refractivity contribution in [2.24, 2.45) is 0 Å².